The van der Waals surface area contributed by atoms with Crippen molar-refractivity contribution in [1.29, 1.82) is 0 Å². The summed E-state index contributed by atoms with van der Waals surface area (Å²) in [4.78, 5) is 135. The number of halogens is 1. The van der Waals surface area contributed by atoms with Gasteiger partial charge in [-0.25, -0.2) is 9.59 Å². The van der Waals surface area contributed by atoms with Crippen molar-refractivity contribution in [3.63, 3.8) is 0 Å². The monoisotopic (exact) mass is 1230 g/mol. The van der Waals surface area contributed by atoms with Gasteiger partial charge in [-0.2, -0.15) is 0 Å². The number of nitrogens with zero attached hydrogens (tertiary/aromatic N) is 2. The van der Waals surface area contributed by atoms with E-state index >= 15 is 0 Å². The molecule has 1 aliphatic rings. The molecule has 1 aliphatic heterocycles. The molecule has 1 fully saturated rings. The summed E-state index contributed by atoms with van der Waals surface area (Å²) in [5.74, 6) is -6.34. The number of likely N-dealkylation sites (N-methyl/N-ethyl adjacent to an activating group) is 1. The Morgan fingerprint density at radius 2 is 1.39 bits per heavy atom. The Hall–Kier alpha value is -6.66. The number of rotatable bonds is 36. The molecule has 1 saturated heterocycles. The van der Waals surface area contributed by atoms with Crippen molar-refractivity contribution in [2.75, 3.05) is 51.5 Å². The largest absolute Gasteiger partial charge is 0.480 e. The van der Waals surface area contributed by atoms with Crippen LogP contribution in [-0.2, 0) is 54.3 Å². The molecule has 0 aromatic heterocycles. The molecule has 2 aromatic carbocycles. The molecule has 10 amide bonds. The van der Waals surface area contributed by atoms with Gasteiger partial charge in [-0.05, 0) is 86.1 Å². The molecule has 1 heterocycles. The third-order valence-electron chi connectivity index (χ3n) is 15.2. The summed E-state index contributed by atoms with van der Waals surface area (Å²) in [5.41, 5.74) is 6.45. The van der Waals surface area contributed by atoms with Crippen molar-refractivity contribution in [2.45, 2.75) is 168 Å². The second-order valence-corrected chi connectivity index (χ2v) is 22.6. The number of methoxy groups -OCH3 is 2. The van der Waals surface area contributed by atoms with Crippen molar-refractivity contribution < 1.29 is 62.5 Å². The Labute approximate surface area is 497 Å². The molecular formula is C59H91BrN10O13. The van der Waals surface area contributed by atoms with E-state index in [0.29, 0.717) is 51.6 Å². The lowest BCUT2D eigenvalue weighted by Gasteiger charge is -2.40. The Bertz CT molecular complexity index is 2450. The van der Waals surface area contributed by atoms with Crippen LogP contribution in [0.25, 0.3) is 0 Å². The fourth-order valence-corrected chi connectivity index (χ4v) is 10.4. The van der Waals surface area contributed by atoms with E-state index in [1.165, 1.54) is 43.4 Å². The van der Waals surface area contributed by atoms with E-state index in [2.05, 4.69) is 53.1 Å². The zero-order chi connectivity index (χ0) is 61.9. The van der Waals surface area contributed by atoms with Gasteiger partial charge in [0.05, 0.1) is 42.0 Å². The number of carbonyl (C=O) groups excluding carboxylic acids is 9. The molecular weight excluding hydrogens is 1140 g/mol. The molecule has 10 N–H and O–H groups in total. The highest BCUT2D eigenvalue weighted by atomic mass is 79.9. The number of benzene rings is 2. The number of hydrogen-bond donors (Lipinski definition) is 9. The summed E-state index contributed by atoms with van der Waals surface area (Å²) in [6, 6.07) is 8.77. The number of hydrogen-bond acceptors (Lipinski definition) is 12. The Morgan fingerprint density at radius 3 is 1.96 bits per heavy atom. The SMILES string of the molecule is CC[C@H](C)[C@@H]([C@@H](CC(=O)N1CCC[C@H]1[C@H](OC)C(C)C(=O)N[C@@H](Cc1ccccc1)C(=O)O)OC)N(C)C(=O)[C@@H](NC(=O)c1ccc(NC(=O)[C@H](CCCNC(N)=O)NC(=O)[C@@H](NC(=O)CCCCCNC(=O)CBr)C(C)C)cc1)C(C)C. The van der Waals surface area contributed by atoms with Crippen molar-refractivity contribution in [1.82, 2.24) is 41.7 Å². The number of carboxylic acid groups (broad SMARTS) is 1. The van der Waals surface area contributed by atoms with Crippen LogP contribution >= 0.6 is 15.9 Å². The van der Waals surface area contributed by atoms with Crippen molar-refractivity contribution in [2.24, 2.45) is 29.4 Å². The first-order chi connectivity index (χ1) is 39.4. The van der Waals surface area contributed by atoms with E-state index in [9.17, 15) is 53.1 Å². The number of primary amides is 1. The maximum absolute atomic E-state index is 14.6. The highest BCUT2D eigenvalue weighted by Crippen LogP contribution is 2.30. The lowest BCUT2D eigenvalue weighted by atomic mass is 9.89. The predicted molar refractivity (Wildman–Crippen MR) is 318 cm³/mol. The third-order valence-corrected chi connectivity index (χ3v) is 15.7. The zero-order valence-electron chi connectivity index (χ0n) is 49.9. The van der Waals surface area contributed by atoms with Crippen LogP contribution in [0.2, 0.25) is 0 Å². The van der Waals surface area contributed by atoms with Gasteiger partial charge in [0.25, 0.3) is 5.91 Å². The number of ether oxygens (including phenoxy) is 2. The van der Waals surface area contributed by atoms with Gasteiger partial charge >= 0.3 is 12.0 Å². The fraction of sp³-hybridized carbons (Fsp3) is 0.627. The number of unbranched alkanes of at least 4 members (excludes halogenated alkanes) is 2. The predicted octanol–water partition coefficient (Wildman–Crippen LogP) is 4.26. The molecule has 0 aliphatic carbocycles. The van der Waals surface area contributed by atoms with Gasteiger partial charge < -0.3 is 67.3 Å². The molecule has 1 unspecified atom stereocenters. The molecule has 0 radical (unpaired) electrons. The highest BCUT2D eigenvalue weighted by Gasteiger charge is 2.43. The molecule has 462 valence electrons. The molecule has 10 atom stereocenters. The first-order valence-corrected chi connectivity index (χ1v) is 29.9. The topological polar surface area (TPSA) is 326 Å². The minimum Gasteiger partial charge on any atom is -0.480 e. The minimum atomic E-state index is -1.18. The van der Waals surface area contributed by atoms with E-state index in [1.54, 1.807) is 70.8 Å². The van der Waals surface area contributed by atoms with Gasteiger partial charge in [-0.15, -0.1) is 0 Å². The number of nitrogens with two attached hydrogens (primary N) is 1. The van der Waals surface area contributed by atoms with Crippen LogP contribution in [0.4, 0.5) is 10.5 Å². The van der Waals surface area contributed by atoms with Gasteiger partial charge in [0.1, 0.15) is 24.2 Å². The standard InChI is InChI=1S/C59H91BrN10O13/c1-11-37(6)51(45(82-9)33-48(73)70-31-19-23-44(70)52(83-10)38(7)53(74)66-43(58(79)80)32-39-20-14-12-15-21-39)69(8)57(78)50(36(4)5)68-54(75)40-25-27-41(28-26-40)64-55(76)42(22-18-30-63-59(61)81)65-56(77)49(35(2)3)67-46(71)24-16-13-17-29-62-47(72)34-60/h12,14-15,20-21,25-28,35-38,42-45,49-52H,11,13,16-19,22-24,29-34H2,1-10H3,(H,62,72)(H,64,76)(H,65,77)(H,66,74)(H,67,71)(H,68,75)(H,79,80)(H3,61,63,81)/t37-,38?,42-,43-,44-,45+,49-,50-,51-,52+/m0/s1. The molecule has 24 heteroatoms. The Kier molecular flexibility index (Phi) is 30.7. The van der Waals surface area contributed by atoms with E-state index in [1.807, 2.05) is 19.9 Å². The highest BCUT2D eigenvalue weighted by molar-refractivity contribution is 9.09. The van der Waals surface area contributed by atoms with Crippen LogP contribution in [0, 0.1) is 23.7 Å². The summed E-state index contributed by atoms with van der Waals surface area (Å²) in [5, 5.41) is 29.3. The zero-order valence-corrected chi connectivity index (χ0v) is 51.5. The second kappa shape index (κ2) is 36.1. The van der Waals surface area contributed by atoms with Crippen LogP contribution in [0.5, 0.6) is 0 Å². The number of nitrogens with one attached hydrogen (secondary N) is 7. The number of amides is 10. The molecule has 0 saturated carbocycles. The summed E-state index contributed by atoms with van der Waals surface area (Å²) in [6.45, 7) is 13.7. The molecule has 0 bridgehead atoms. The molecule has 23 nitrogen and oxygen atoms in total. The lowest BCUT2D eigenvalue weighted by Crippen LogP contribution is -2.57. The average molecular weight is 1230 g/mol. The van der Waals surface area contributed by atoms with Gasteiger partial charge in [-0.1, -0.05) is 108 Å². The summed E-state index contributed by atoms with van der Waals surface area (Å²) >= 11 is 3.10. The summed E-state index contributed by atoms with van der Waals surface area (Å²) in [7, 11) is 4.57. The number of urea groups is 1. The number of likely N-dealkylation sites (tertiary alicyclic amines) is 1. The Morgan fingerprint density at radius 1 is 0.747 bits per heavy atom. The van der Waals surface area contributed by atoms with Gasteiger partial charge in [-0.3, -0.25) is 38.4 Å². The van der Waals surface area contributed by atoms with Gasteiger partial charge in [0, 0.05) is 65.0 Å². The second-order valence-electron chi connectivity index (χ2n) is 22.0. The summed E-state index contributed by atoms with van der Waals surface area (Å²) < 4.78 is 11.9. The smallest absolute Gasteiger partial charge is 0.326 e. The minimum absolute atomic E-state index is 0.0845. The maximum Gasteiger partial charge on any atom is 0.326 e. The third kappa shape index (κ3) is 22.8. The van der Waals surface area contributed by atoms with Crippen LogP contribution in [0.1, 0.15) is 129 Å². The maximum atomic E-state index is 14.6. The number of carbonyl (C=O) groups is 10. The molecule has 3 rings (SSSR count). The summed E-state index contributed by atoms with van der Waals surface area (Å²) in [6.07, 6.45) is 2.62. The van der Waals surface area contributed by atoms with Crippen LogP contribution < -0.4 is 43.0 Å². The van der Waals surface area contributed by atoms with E-state index < -0.39 is 102 Å². The van der Waals surface area contributed by atoms with Crippen LogP contribution in [0.3, 0.4) is 0 Å². The van der Waals surface area contributed by atoms with Crippen LogP contribution in [-0.4, -0.2) is 169 Å². The molecule has 2 aromatic rings. The first kappa shape index (κ1) is 70.6. The number of anilines is 1. The van der Waals surface area contributed by atoms with E-state index in [4.69, 9.17) is 15.2 Å². The van der Waals surface area contributed by atoms with E-state index in [-0.39, 0.29) is 84.8 Å². The normalized spacial score (nSPS) is 16.4. The number of aliphatic carboxylic acids is 1. The molecule has 83 heavy (non-hydrogen) atoms. The number of alkyl halides is 1. The van der Waals surface area contributed by atoms with Crippen molar-refractivity contribution >= 4 is 80.9 Å². The average Bonchev–Trinajstić information content (AvgIpc) is 4.08. The van der Waals surface area contributed by atoms with Crippen LogP contribution in [0.15, 0.2) is 54.6 Å². The van der Waals surface area contributed by atoms with Gasteiger partial charge in [0.2, 0.25) is 41.4 Å². The Balaban J connectivity index is 1.72. The quantitative estimate of drug-likeness (QED) is 0.0341. The van der Waals surface area contributed by atoms with E-state index in [0.717, 1.165) is 5.56 Å². The molecule has 0 spiro atoms. The van der Waals surface area contributed by atoms with Crippen molar-refractivity contribution in [3.8, 4) is 0 Å². The fourth-order valence-electron chi connectivity index (χ4n) is 10.2. The first-order valence-electron chi connectivity index (χ1n) is 28.7. The van der Waals surface area contributed by atoms with Gasteiger partial charge in [0.15, 0.2) is 0 Å². The van der Waals surface area contributed by atoms with Crippen molar-refractivity contribution in [3.05, 3.63) is 65.7 Å². The lowest BCUT2D eigenvalue weighted by molar-refractivity contribution is -0.147. The number of carboxylic acids is 1.